The van der Waals surface area contributed by atoms with Crippen molar-refractivity contribution >= 4 is 18.3 Å². The van der Waals surface area contributed by atoms with Gasteiger partial charge in [0.05, 0.1) is 5.69 Å². The molecule has 152 valence electrons. The van der Waals surface area contributed by atoms with Gasteiger partial charge in [0, 0.05) is 43.6 Å². The molecule has 0 unspecified atom stereocenters. The third-order valence-electron chi connectivity index (χ3n) is 6.52. The first-order valence-corrected chi connectivity index (χ1v) is 9.91. The van der Waals surface area contributed by atoms with E-state index in [1.54, 1.807) is 0 Å². The van der Waals surface area contributed by atoms with Gasteiger partial charge in [-0.25, -0.2) is 0 Å². The second-order valence-corrected chi connectivity index (χ2v) is 8.27. The fourth-order valence-corrected chi connectivity index (χ4v) is 5.10. The van der Waals surface area contributed by atoms with Gasteiger partial charge in [-0.1, -0.05) is 29.4 Å². The summed E-state index contributed by atoms with van der Waals surface area (Å²) in [6.07, 6.45) is 1.25. The molecule has 2 fully saturated rings. The monoisotopic (exact) mass is 403 g/mol. The Bertz CT molecular complexity index is 831. The minimum absolute atomic E-state index is 0. The maximum Gasteiger partial charge on any atom is 0.222 e. The van der Waals surface area contributed by atoms with Crippen LogP contribution < -0.4 is 0 Å². The Morgan fingerprint density at radius 3 is 2.61 bits per heavy atom. The van der Waals surface area contributed by atoms with Gasteiger partial charge in [-0.15, -0.1) is 12.4 Å². The second kappa shape index (κ2) is 8.26. The van der Waals surface area contributed by atoms with E-state index in [1.165, 1.54) is 11.1 Å². The second-order valence-electron chi connectivity index (χ2n) is 8.27. The molecule has 0 bridgehead atoms. The summed E-state index contributed by atoms with van der Waals surface area (Å²) in [6, 6.07) is 9.09. The number of halogens is 1. The Morgan fingerprint density at radius 1 is 1.18 bits per heavy atom. The van der Waals surface area contributed by atoms with Crippen LogP contribution in [-0.4, -0.2) is 47.5 Å². The van der Waals surface area contributed by atoms with Crippen molar-refractivity contribution in [3.63, 3.8) is 0 Å². The number of nitrogens with zero attached hydrogens (tertiary/aromatic N) is 3. The fraction of sp³-hybridized carbons (Fsp3) is 0.545. The maximum atomic E-state index is 12.8. The van der Waals surface area contributed by atoms with Crippen LogP contribution in [0.3, 0.4) is 0 Å². The summed E-state index contributed by atoms with van der Waals surface area (Å²) in [4.78, 5) is 17.4. The number of hydrogen-bond donors (Lipinski definition) is 0. The summed E-state index contributed by atoms with van der Waals surface area (Å²) in [5.74, 6) is 2.19. The topological polar surface area (TPSA) is 49.6 Å². The molecule has 6 heteroatoms. The molecule has 0 radical (unpaired) electrons. The summed E-state index contributed by atoms with van der Waals surface area (Å²) >= 11 is 0. The van der Waals surface area contributed by atoms with E-state index in [0.717, 1.165) is 36.7 Å². The van der Waals surface area contributed by atoms with E-state index in [4.69, 9.17) is 4.52 Å². The molecule has 2 aliphatic heterocycles. The lowest BCUT2D eigenvalue weighted by Crippen LogP contribution is -2.33. The van der Waals surface area contributed by atoms with Crippen LogP contribution in [0.4, 0.5) is 0 Å². The van der Waals surface area contributed by atoms with Crippen LogP contribution >= 0.6 is 12.4 Å². The van der Waals surface area contributed by atoms with Gasteiger partial charge in [-0.3, -0.25) is 9.69 Å². The largest absolute Gasteiger partial charge is 0.361 e. The number of carbonyl (C=O) groups is 1. The summed E-state index contributed by atoms with van der Waals surface area (Å²) in [5, 5.41) is 3.99. The van der Waals surface area contributed by atoms with Crippen LogP contribution in [0.5, 0.6) is 0 Å². The van der Waals surface area contributed by atoms with Crippen molar-refractivity contribution in [1.29, 1.82) is 0 Å². The molecule has 0 spiro atoms. The lowest BCUT2D eigenvalue weighted by atomic mass is 9.88. The molecular formula is C22H30ClN3O2. The molecule has 0 aliphatic carbocycles. The average molecular weight is 404 g/mol. The predicted octanol–water partition coefficient (Wildman–Crippen LogP) is 3.72. The zero-order valence-corrected chi connectivity index (χ0v) is 18.0. The number of aromatic nitrogens is 1. The van der Waals surface area contributed by atoms with E-state index in [0.29, 0.717) is 30.7 Å². The van der Waals surface area contributed by atoms with Crippen molar-refractivity contribution < 1.29 is 9.32 Å². The van der Waals surface area contributed by atoms with E-state index in [2.05, 4.69) is 53.2 Å². The quantitative estimate of drug-likeness (QED) is 0.780. The molecule has 1 aromatic carbocycles. The van der Waals surface area contributed by atoms with Crippen LogP contribution in [0.15, 0.2) is 28.8 Å². The van der Waals surface area contributed by atoms with Gasteiger partial charge in [0.2, 0.25) is 5.91 Å². The molecule has 3 heterocycles. The molecule has 0 saturated carbocycles. The van der Waals surface area contributed by atoms with Gasteiger partial charge in [-0.05, 0) is 51.3 Å². The minimum atomic E-state index is 0. The lowest BCUT2D eigenvalue weighted by Gasteiger charge is -2.28. The highest BCUT2D eigenvalue weighted by atomic mass is 35.5. The fourth-order valence-electron chi connectivity index (χ4n) is 5.10. The van der Waals surface area contributed by atoms with Gasteiger partial charge in [0.25, 0.3) is 0 Å². The molecule has 2 aromatic rings. The number of benzene rings is 1. The number of likely N-dealkylation sites (tertiary alicyclic amines) is 2. The molecule has 28 heavy (non-hydrogen) atoms. The molecule has 0 N–H and O–H groups in total. The number of hydrogen-bond acceptors (Lipinski definition) is 4. The molecule has 1 aromatic heterocycles. The van der Waals surface area contributed by atoms with Crippen LogP contribution in [0, 0.1) is 32.6 Å². The zero-order chi connectivity index (χ0) is 19.1. The minimum Gasteiger partial charge on any atom is -0.361 e. The highest BCUT2D eigenvalue weighted by Gasteiger charge is 2.47. The van der Waals surface area contributed by atoms with Crippen molar-refractivity contribution in [2.75, 3.05) is 26.7 Å². The van der Waals surface area contributed by atoms with E-state index < -0.39 is 0 Å². The average Bonchev–Trinajstić information content (AvgIpc) is 3.27. The smallest absolute Gasteiger partial charge is 0.222 e. The van der Waals surface area contributed by atoms with Crippen LogP contribution in [-0.2, 0) is 11.2 Å². The molecule has 4 rings (SSSR count). The first-order valence-electron chi connectivity index (χ1n) is 9.91. The van der Waals surface area contributed by atoms with Crippen LogP contribution in [0.1, 0.15) is 40.6 Å². The Morgan fingerprint density at radius 2 is 1.93 bits per heavy atom. The number of fused-ring (bicyclic) bond motifs is 1. The zero-order valence-electron chi connectivity index (χ0n) is 17.1. The van der Waals surface area contributed by atoms with Gasteiger partial charge in [0.1, 0.15) is 5.76 Å². The molecule has 3 atom stereocenters. The van der Waals surface area contributed by atoms with Crippen LogP contribution in [0.25, 0.3) is 0 Å². The predicted molar refractivity (Wildman–Crippen MR) is 112 cm³/mol. The molecule has 2 saturated heterocycles. The third-order valence-corrected chi connectivity index (χ3v) is 6.52. The standard InChI is InChI=1S/C22H29N3O2.ClH/c1-14-7-5-6-8-18(14)22-20-13-25(12-17(20)11-24(22)4)21(26)10-9-19-15(2)23-27-16(19)3;/h5-8,17,20,22H,9-13H2,1-4H3;1H/t17-,20+,22+;/m0./s1. The SMILES string of the molecule is Cc1ccccc1[C@@H]1[C@@H]2CN(C(=O)CCc3c(C)noc3C)C[C@@H]2CN1C.Cl. The Kier molecular flexibility index (Phi) is 6.15. The first kappa shape index (κ1) is 20.9. The first-order chi connectivity index (χ1) is 13.0. The number of rotatable bonds is 4. The summed E-state index contributed by atoms with van der Waals surface area (Å²) in [6.45, 7) is 8.88. The number of amides is 1. The van der Waals surface area contributed by atoms with E-state index >= 15 is 0 Å². The highest BCUT2D eigenvalue weighted by Crippen LogP contribution is 2.44. The molecular weight excluding hydrogens is 374 g/mol. The maximum absolute atomic E-state index is 12.8. The van der Waals surface area contributed by atoms with E-state index in [-0.39, 0.29) is 18.3 Å². The van der Waals surface area contributed by atoms with Crippen LogP contribution in [0.2, 0.25) is 0 Å². The number of aryl methyl sites for hydroxylation is 3. The van der Waals surface area contributed by atoms with Crippen molar-refractivity contribution in [3.8, 4) is 0 Å². The summed E-state index contributed by atoms with van der Waals surface area (Å²) in [5.41, 5.74) is 4.75. The third kappa shape index (κ3) is 3.70. The summed E-state index contributed by atoms with van der Waals surface area (Å²) < 4.78 is 5.22. The molecule has 2 aliphatic rings. The molecule has 1 amide bonds. The lowest BCUT2D eigenvalue weighted by molar-refractivity contribution is -0.130. The van der Waals surface area contributed by atoms with Gasteiger partial charge in [-0.2, -0.15) is 0 Å². The van der Waals surface area contributed by atoms with Crippen molar-refractivity contribution in [2.24, 2.45) is 11.8 Å². The summed E-state index contributed by atoms with van der Waals surface area (Å²) in [7, 11) is 2.22. The Balaban J connectivity index is 0.00000225. The van der Waals surface area contributed by atoms with Crippen molar-refractivity contribution in [3.05, 3.63) is 52.4 Å². The van der Waals surface area contributed by atoms with Crippen molar-refractivity contribution in [2.45, 2.75) is 39.7 Å². The molecule has 5 nitrogen and oxygen atoms in total. The Hall–Kier alpha value is -1.85. The van der Waals surface area contributed by atoms with Gasteiger partial charge >= 0.3 is 0 Å². The number of carbonyl (C=O) groups excluding carboxylic acids is 1. The van der Waals surface area contributed by atoms with Gasteiger partial charge in [0.15, 0.2) is 0 Å². The van der Waals surface area contributed by atoms with E-state index in [9.17, 15) is 4.79 Å². The van der Waals surface area contributed by atoms with Crippen molar-refractivity contribution in [1.82, 2.24) is 15.0 Å². The van der Waals surface area contributed by atoms with E-state index in [1.807, 2.05) is 13.8 Å². The Labute approximate surface area is 173 Å². The van der Waals surface area contributed by atoms with Gasteiger partial charge < -0.3 is 9.42 Å². The normalized spacial score (nSPS) is 24.3. The highest BCUT2D eigenvalue weighted by molar-refractivity contribution is 5.85.